The predicted octanol–water partition coefficient (Wildman–Crippen LogP) is -3.06. The highest BCUT2D eigenvalue weighted by Gasteiger charge is 2.30. The van der Waals surface area contributed by atoms with E-state index in [-0.39, 0.29) is 30.8 Å². The van der Waals surface area contributed by atoms with Crippen LogP contribution in [-0.4, -0.2) is 80.3 Å². The number of thiol groups is 2. The second-order valence-electron chi connectivity index (χ2n) is 6.78. The van der Waals surface area contributed by atoms with Crippen LogP contribution in [0, 0.1) is 0 Å². The molecule has 13 nitrogen and oxygen atoms in total. The van der Waals surface area contributed by atoms with Crippen molar-refractivity contribution < 1.29 is 29.1 Å². The summed E-state index contributed by atoms with van der Waals surface area (Å²) in [6.45, 7) is 0. The van der Waals surface area contributed by atoms with Gasteiger partial charge in [-0.1, -0.05) is 0 Å². The highest BCUT2D eigenvalue weighted by Crippen LogP contribution is 2.03. The minimum atomic E-state index is -1.29. The lowest BCUT2D eigenvalue weighted by atomic mass is 10.1. The number of nitrogens with one attached hydrogen (secondary N) is 4. The first-order valence-corrected chi connectivity index (χ1v) is 10.7. The molecular weight excluding hydrogens is 462 g/mol. The summed E-state index contributed by atoms with van der Waals surface area (Å²) in [6.07, 6.45) is 2.38. The average molecular weight is 490 g/mol. The number of carboxylic acids is 1. The third-order valence-corrected chi connectivity index (χ3v) is 5.01. The monoisotopic (exact) mass is 489 g/mol. The second-order valence-corrected chi connectivity index (χ2v) is 7.51. The first-order valence-electron chi connectivity index (χ1n) is 9.45. The molecule has 4 atom stereocenters. The number of primary amides is 1. The lowest BCUT2D eigenvalue weighted by Crippen LogP contribution is -2.58. The van der Waals surface area contributed by atoms with Gasteiger partial charge in [0.15, 0.2) is 0 Å². The van der Waals surface area contributed by atoms with Gasteiger partial charge in [0.2, 0.25) is 23.6 Å². The van der Waals surface area contributed by atoms with E-state index in [4.69, 9.17) is 11.5 Å². The van der Waals surface area contributed by atoms with E-state index in [1.54, 1.807) is 0 Å². The Kier molecular flexibility index (Phi) is 11.6. The molecule has 4 amide bonds. The molecule has 0 aliphatic carbocycles. The summed E-state index contributed by atoms with van der Waals surface area (Å²) in [5.74, 6) is -4.40. The Morgan fingerprint density at radius 3 is 2.09 bits per heavy atom. The van der Waals surface area contributed by atoms with Crippen LogP contribution < -0.4 is 27.4 Å². The number of aromatic nitrogens is 2. The van der Waals surface area contributed by atoms with Crippen LogP contribution in [0.15, 0.2) is 12.5 Å². The summed E-state index contributed by atoms with van der Waals surface area (Å²) in [5, 5.41) is 16.5. The van der Waals surface area contributed by atoms with Gasteiger partial charge in [0.1, 0.15) is 18.1 Å². The van der Waals surface area contributed by atoms with Crippen LogP contribution in [0.3, 0.4) is 0 Å². The van der Waals surface area contributed by atoms with Gasteiger partial charge in [-0.05, 0) is 6.42 Å². The van der Waals surface area contributed by atoms with E-state index in [0.717, 1.165) is 0 Å². The van der Waals surface area contributed by atoms with Crippen molar-refractivity contribution in [2.24, 2.45) is 11.5 Å². The van der Waals surface area contributed by atoms with Crippen molar-refractivity contribution >= 4 is 54.9 Å². The highest BCUT2D eigenvalue weighted by atomic mass is 32.1. The van der Waals surface area contributed by atoms with Crippen LogP contribution in [0.4, 0.5) is 0 Å². The van der Waals surface area contributed by atoms with Gasteiger partial charge in [-0.2, -0.15) is 25.3 Å². The largest absolute Gasteiger partial charge is 0.480 e. The number of amides is 4. The Morgan fingerprint density at radius 1 is 1.00 bits per heavy atom. The van der Waals surface area contributed by atoms with Gasteiger partial charge in [-0.15, -0.1) is 0 Å². The molecule has 32 heavy (non-hydrogen) atoms. The molecule has 0 bridgehead atoms. The lowest BCUT2D eigenvalue weighted by Gasteiger charge is -2.24. The number of hydrogen-bond acceptors (Lipinski definition) is 9. The highest BCUT2D eigenvalue weighted by molar-refractivity contribution is 7.80. The number of carbonyl (C=O) groups is 5. The van der Waals surface area contributed by atoms with E-state index in [1.807, 2.05) is 0 Å². The standard InChI is InChI=1S/C17H27N7O6S2/c18-9(5-31)14(26)22-10(1-2-13(19)25)15(27)24-12(6-32)16(28)23-11(17(29)30)3-8-4-20-7-21-8/h4,7,9-12,31-32H,1-3,5-6,18H2,(H2,19,25)(H,20,21)(H,22,26)(H,23,28)(H,24,27)(H,29,30). The summed E-state index contributed by atoms with van der Waals surface area (Å²) in [6, 6.07) is -4.72. The first kappa shape index (κ1) is 27.3. The van der Waals surface area contributed by atoms with E-state index in [0.29, 0.717) is 5.69 Å². The van der Waals surface area contributed by atoms with E-state index in [1.165, 1.54) is 12.5 Å². The molecule has 1 rings (SSSR count). The van der Waals surface area contributed by atoms with Gasteiger partial charge in [-0.3, -0.25) is 19.2 Å². The van der Waals surface area contributed by atoms with Crippen molar-refractivity contribution in [1.29, 1.82) is 0 Å². The lowest BCUT2D eigenvalue weighted by molar-refractivity contribution is -0.142. The molecule has 1 aromatic rings. The fourth-order valence-corrected chi connectivity index (χ4v) is 2.90. The Balaban J connectivity index is 2.84. The molecule has 0 saturated heterocycles. The number of aliphatic carboxylic acids is 1. The number of nitrogens with zero attached hydrogens (tertiary/aromatic N) is 1. The van der Waals surface area contributed by atoms with Crippen LogP contribution >= 0.6 is 25.3 Å². The van der Waals surface area contributed by atoms with E-state index in [2.05, 4.69) is 51.2 Å². The quantitative estimate of drug-likeness (QED) is 0.122. The molecule has 0 aliphatic heterocycles. The van der Waals surface area contributed by atoms with Crippen molar-refractivity contribution in [2.45, 2.75) is 43.4 Å². The van der Waals surface area contributed by atoms with Gasteiger partial charge in [0, 0.05) is 36.2 Å². The maximum absolute atomic E-state index is 12.7. The van der Waals surface area contributed by atoms with Crippen LogP contribution in [0.5, 0.6) is 0 Å². The van der Waals surface area contributed by atoms with Crippen LogP contribution in [-0.2, 0) is 30.4 Å². The molecule has 0 radical (unpaired) electrons. The van der Waals surface area contributed by atoms with Crippen molar-refractivity contribution in [3.8, 4) is 0 Å². The summed E-state index contributed by atoms with van der Waals surface area (Å²) in [4.78, 5) is 66.4. The van der Waals surface area contributed by atoms with Gasteiger partial charge < -0.3 is 37.5 Å². The van der Waals surface area contributed by atoms with Gasteiger partial charge in [0.05, 0.1) is 12.4 Å². The molecule has 9 N–H and O–H groups in total. The molecule has 15 heteroatoms. The number of aromatic amines is 1. The number of carboxylic acid groups (broad SMARTS) is 1. The molecule has 4 unspecified atom stereocenters. The van der Waals surface area contributed by atoms with Crippen molar-refractivity contribution in [2.75, 3.05) is 11.5 Å². The molecule has 0 saturated carbocycles. The normalized spacial score (nSPS) is 14.5. The number of nitrogens with two attached hydrogens (primary N) is 2. The molecule has 0 fully saturated rings. The van der Waals surface area contributed by atoms with Crippen molar-refractivity contribution in [3.63, 3.8) is 0 Å². The van der Waals surface area contributed by atoms with Gasteiger partial charge >= 0.3 is 5.97 Å². The molecule has 1 heterocycles. The second kappa shape index (κ2) is 13.6. The molecule has 1 aromatic heterocycles. The number of imidazole rings is 1. The minimum absolute atomic E-state index is 0.0184. The number of carbonyl (C=O) groups excluding carboxylic acids is 4. The number of rotatable bonds is 14. The third kappa shape index (κ3) is 9.15. The average Bonchev–Trinajstić information content (AvgIpc) is 3.26. The van der Waals surface area contributed by atoms with Crippen molar-refractivity contribution in [3.05, 3.63) is 18.2 Å². The first-order chi connectivity index (χ1) is 15.1. The zero-order chi connectivity index (χ0) is 24.3. The third-order valence-electron chi connectivity index (χ3n) is 4.25. The Bertz CT molecular complexity index is 807. The summed E-state index contributed by atoms with van der Waals surface area (Å²) < 4.78 is 0. The van der Waals surface area contributed by atoms with Crippen LogP contribution in [0.1, 0.15) is 18.5 Å². The summed E-state index contributed by atoms with van der Waals surface area (Å²) in [5.41, 5.74) is 11.2. The fraction of sp³-hybridized carbons (Fsp3) is 0.529. The number of H-pyrrole nitrogens is 1. The number of hydrogen-bond donors (Lipinski definition) is 9. The minimum Gasteiger partial charge on any atom is -0.480 e. The smallest absolute Gasteiger partial charge is 0.326 e. The van der Waals surface area contributed by atoms with Crippen molar-refractivity contribution in [1.82, 2.24) is 25.9 Å². The SMILES string of the molecule is NC(=O)CCC(NC(=O)C(N)CS)C(=O)NC(CS)C(=O)NC(Cc1cnc[nH]1)C(=O)O. The van der Waals surface area contributed by atoms with Gasteiger partial charge in [-0.25, -0.2) is 9.78 Å². The molecule has 0 aromatic carbocycles. The topological polar surface area (TPSA) is 222 Å². The summed E-state index contributed by atoms with van der Waals surface area (Å²) >= 11 is 7.95. The van der Waals surface area contributed by atoms with E-state index >= 15 is 0 Å². The Morgan fingerprint density at radius 2 is 1.59 bits per heavy atom. The zero-order valence-electron chi connectivity index (χ0n) is 17.0. The Hall–Kier alpha value is -2.78. The Labute approximate surface area is 194 Å². The molecule has 178 valence electrons. The maximum atomic E-state index is 12.7. The molecule has 0 aliphatic rings. The van der Waals surface area contributed by atoms with E-state index in [9.17, 15) is 29.1 Å². The predicted molar refractivity (Wildman–Crippen MR) is 120 cm³/mol. The molecule has 0 spiro atoms. The fourth-order valence-electron chi connectivity index (χ4n) is 2.47. The van der Waals surface area contributed by atoms with Crippen LogP contribution in [0.2, 0.25) is 0 Å². The maximum Gasteiger partial charge on any atom is 0.326 e. The van der Waals surface area contributed by atoms with E-state index < -0.39 is 53.8 Å². The zero-order valence-corrected chi connectivity index (χ0v) is 18.8. The van der Waals surface area contributed by atoms with Crippen LogP contribution in [0.25, 0.3) is 0 Å². The summed E-state index contributed by atoms with van der Waals surface area (Å²) in [7, 11) is 0. The molecular formula is C17H27N7O6S2. The van der Waals surface area contributed by atoms with Gasteiger partial charge in [0.25, 0.3) is 0 Å².